The Balaban J connectivity index is 2.87. The van der Waals surface area contributed by atoms with Crippen LogP contribution in [0.5, 0.6) is 0 Å². The fourth-order valence-corrected chi connectivity index (χ4v) is 3.35. The zero-order valence-electron chi connectivity index (χ0n) is 17.6. The van der Waals surface area contributed by atoms with Gasteiger partial charge in [0.25, 0.3) is 0 Å². The molecule has 1 saturated heterocycles. The standard InChI is InChI=1S/C18H37N3O4Si/c1-17(2,3)25-16(23)21-14(12-24-26(7,8)18(4,5)6)13-11-15(22)20-10-9-19-13/h13-14,19H,9-12H2,1-8H3,(H,20,22)(H,21,23)/t13-,14+/m1/s1. The summed E-state index contributed by atoms with van der Waals surface area (Å²) in [7, 11) is -1.98. The summed E-state index contributed by atoms with van der Waals surface area (Å²) < 4.78 is 11.7. The molecule has 1 fully saturated rings. The summed E-state index contributed by atoms with van der Waals surface area (Å²) in [4.78, 5) is 24.2. The molecule has 0 saturated carbocycles. The summed E-state index contributed by atoms with van der Waals surface area (Å²) in [6.45, 7) is 17.9. The minimum Gasteiger partial charge on any atom is -0.444 e. The van der Waals surface area contributed by atoms with Crippen molar-refractivity contribution in [2.75, 3.05) is 19.7 Å². The smallest absolute Gasteiger partial charge is 0.408 e. The van der Waals surface area contributed by atoms with E-state index in [2.05, 4.69) is 49.8 Å². The second-order valence-corrected chi connectivity index (χ2v) is 14.2. The number of hydrogen-bond donors (Lipinski definition) is 3. The molecule has 0 aliphatic carbocycles. The van der Waals surface area contributed by atoms with Crippen LogP contribution in [0.15, 0.2) is 0 Å². The first-order chi connectivity index (χ1) is 11.7. The van der Waals surface area contributed by atoms with E-state index in [1.54, 1.807) is 0 Å². The van der Waals surface area contributed by atoms with Crippen LogP contribution in [0.4, 0.5) is 4.79 Å². The van der Waals surface area contributed by atoms with Crippen molar-refractivity contribution >= 4 is 20.3 Å². The maximum Gasteiger partial charge on any atom is 0.408 e. The summed E-state index contributed by atoms with van der Waals surface area (Å²) in [6.07, 6.45) is -0.200. The van der Waals surface area contributed by atoms with Gasteiger partial charge in [0.1, 0.15) is 5.60 Å². The van der Waals surface area contributed by atoms with Gasteiger partial charge in [0.2, 0.25) is 5.91 Å². The van der Waals surface area contributed by atoms with Gasteiger partial charge in [-0.05, 0) is 38.9 Å². The van der Waals surface area contributed by atoms with Crippen LogP contribution in [-0.2, 0) is 14.0 Å². The number of alkyl carbamates (subject to hydrolysis) is 1. The second kappa shape index (κ2) is 8.71. The number of amides is 2. The molecule has 0 bridgehead atoms. The third kappa shape index (κ3) is 7.63. The quantitative estimate of drug-likeness (QED) is 0.630. The lowest BCUT2D eigenvalue weighted by molar-refractivity contribution is -0.121. The maximum atomic E-state index is 12.3. The lowest BCUT2D eigenvalue weighted by Crippen LogP contribution is -2.55. The van der Waals surface area contributed by atoms with Crippen LogP contribution in [0, 0.1) is 0 Å². The first-order valence-electron chi connectivity index (χ1n) is 9.35. The van der Waals surface area contributed by atoms with Crippen molar-refractivity contribution in [1.29, 1.82) is 0 Å². The van der Waals surface area contributed by atoms with Crippen LogP contribution in [-0.4, -0.2) is 57.7 Å². The lowest BCUT2D eigenvalue weighted by Gasteiger charge is -2.38. The Hall–Kier alpha value is -1.12. The van der Waals surface area contributed by atoms with Gasteiger partial charge in [-0.1, -0.05) is 20.8 Å². The topological polar surface area (TPSA) is 88.7 Å². The Kier molecular flexibility index (Phi) is 7.68. The van der Waals surface area contributed by atoms with Gasteiger partial charge in [-0.3, -0.25) is 4.79 Å². The van der Waals surface area contributed by atoms with Crippen molar-refractivity contribution < 1.29 is 18.8 Å². The third-order valence-electron chi connectivity index (χ3n) is 4.88. The average Bonchev–Trinajstić information content (AvgIpc) is 2.64. The summed E-state index contributed by atoms with van der Waals surface area (Å²) in [6, 6.07) is -0.544. The van der Waals surface area contributed by atoms with Crippen LogP contribution in [0.2, 0.25) is 18.1 Å². The van der Waals surface area contributed by atoms with E-state index < -0.39 is 20.0 Å². The van der Waals surface area contributed by atoms with Crippen molar-refractivity contribution in [2.45, 2.75) is 83.8 Å². The van der Waals surface area contributed by atoms with E-state index in [0.717, 1.165) is 0 Å². The molecule has 3 N–H and O–H groups in total. The molecule has 1 rings (SSSR count). The van der Waals surface area contributed by atoms with Gasteiger partial charge in [0.15, 0.2) is 8.32 Å². The first kappa shape index (κ1) is 22.9. The van der Waals surface area contributed by atoms with Crippen molar-refractivity contribution in [3.8, 4) is 0 Å². The van der Waals surface area contributed by atoms with E-state index in [0.29, 0.717) is 26.1 Å². The first-order valence-corrected chi connectivity index (χ1v) is 12.3. The van der Waals surface area contributed by atoms with Crippen molar-refractivity contribution in [2.24, 2.45) is 0 Å². The predicted molar refractivity (Wildman–Crippen MR) is 106 cm³/mol. The molecule has 0 aromatic heterocycles. The van der Waals surface area contributed by atoms with E-state index in [1.807, 2.05) is 20.8 Å². The summed E-state index contributed by atoms with van der Waals surface area (Å²) in [5, 5.41) is 9.15. The van der Waals surface area contributed by atoms with Gasteiger partial charge in [-0.2, -0.15) is 0 Å². The SMILES string of the molecule is CC(C)(C)OC(=O)N[C@@H](CO[Si](C)(C)C(C)(C)C)[C@H]1CC(=O)NCCN1. The van der Waals surface area contributed by atoms with Gasteiger partial charge < -0.3 is 25.1 Å². The summed E-state index contributed by atoms with van der Waals surface area (Å²) in [5.41, 5.74) is -0.580. The van der Waals surface area contributed by atoms with Crippen molar-refractivity contribution in [3.63, 3.8) is 0 Å². The molecular weight excluding hydrogens is 350 g/mol. The molecule has 1 aliphatic rings. The number of hydrogen-bond acceptors (Lipinski definition) is 5. The normalized spacial score (nSPS) is 20.8. The van der Waals surface area contributed by atoms with E-state index in [4.69, 9.17) is 9.16 Å². The Morgan fingerprint density at radius 3 is 2.38 bits per heavy atom. The average molecular weight is 388 g/mol. The van der Waals surface area contributed by atoms with Crippen LogP contribution in [0.1, 0.15) is 48.0 Å². The molecule has 0 aromatic carbocycles. The molecule has 152 valence electrons. The number of ether oxygens (including phenoxy) is 1. The van der Waals surface area contributed by atoms with Gasteiger partial charge in [0, 0.05) is 25.6 Å². The van der Waals surface area contributed by atoms with Gasteiger partial charge in [0.05, 0.1) is 12.6 Å². The maximum absolute atomic E-state index is 12.3. The minimum atomic E-state index is -1.98. The van der Waals surface area contributed by atoms with Gasteiger partial charge >= 0.3 is 6.09 Å². The summed E-state index contributed by atoms with van der Waals surface area (Å²) in [5.74, 6) is -0.0247. The number of carbonyl (C=O) groups is 2. The van der Waals surface area contributed by atoms with Crippen LogP contribution < -0.4 is 16.0 Å². The molecule has 0 unspecified atom stereocenters. The van der Waals surface area contributed by atoms with E-state index in [9.17, 15) is 9.59 Å². The largest absolute Gasteiger partial charge is 0.444 e. The third-order valence-corrected chi connectivity index (χ3v) is 9.38. The van der Waals surface area contributed by atoms with Crippen molar-refractivity contribution in [1.82, 2.24) is 16.0 Å². The minimum absolute atomic E-state index is 0.0247. The van der Waals surface area contributed by atoms with Crippen molar-refractivity contribution in [3.05, 3.63) is 0 Å². The highest BCUT2D eigenvalue weighted by Gasteiger charge is 2.39. The molecule has 0 spiro atoms. The van der Waals surface area contributed by atoms with Crippen LogP contribution >= 0.6 is 0 Å². The Bertz CT molecular complexity index is 498. The zero-order chi connectivity index (χ0) is 20.2. The number of nitrogens with one attached hydrogen (secondary N) is 3. The predicted octanol–water partition coefficient (Wildman–Crippen LogP) is 2.38. The molecule has 7 nitrogen and oxygen atoms in total. The molecule has 26 heavy (non-hydrogen) atoms. The zero-order valence-corrected chi connectivity index (χ0v) is 18.6. The Labute approximate surface area is 159 Å². The highest BCUT2D eigenvalue weighted by Crippen LogP contribution is 2.36. The Morgan fingerprint density at radius 1 is 1.23 bits per heavy atom. The molecule has 2 amide bonds. The van der Waals surface area contributed by atoms with E-state index in [1.165, 1.54) is 0 Å². The molecule has 0 aromatic rings. The molecule has 8 heteroatoms. The van der Waals surface area contributed by atoms with Crippen LogP contribution in [0.25, 0.3) is 0 Å². The van der Waals surface area contributed by atoms with Gasteiger partial charge in [-0.15, -0.1) is 0 Å². The molecule has 2 atom stereocenters. The molecule has 1 heterocycles. The monoisotopic (exact) mass is 387 g/mol. The molecule has 0 radical (unpaired) electrons. The highest BCUT2D eigenvalue weighted by atomic mass is 28.4. The lowest BCUT2D eigenvalue weighted by atomic mass is 10.1. The summed E-state index contributed by atoms with van der Waals surface area (Å²) >= 11 is 0. The number of carbonyl (C=O) groups excluding carboxylic acids is 2. The fraction of sp³-hybridized carbons (Fsp3) is 0.889. The highest BCUT2D eigenvalue weighted by molar-refractivity contribution is 6.74. The van der Waals surface area contributed by atoms with Crippen LogP contribution in [0.3, 0.4) is 0 Å². The number of rotatable bonds is 5. The van der Waals surface area contributed by atoms with Gasteiger partial charge in [-0.25, -0.2) is 4.79 Å². The Morgan fingerprint density at radius 2 is 1.85 bits per heavy atom. The molecular formula is C18H37N3O4Si. The second-order valence-electron chi connectivity index (χ2n) is 9.44. The molecule has 1 aliphatic heterocycles. The fourth-order valence-electron chi connectivity index (χ4n) is 2.32. The van der Waals surface area contributed by atoms with E-state index >= 15 is 0 Å². The van der Waals surface area contributed by atoms with E-state index in [-0.39, 0.29) is 23.0 Å².